The molecule has 3 aromatic heterocycles. The van der Waals surface area contributed by atoms with Crippen molar-refractivity contribution >= 4 is 11.3 Å². The summed E-state index contributed by atoms with van der Waals surface area (Å²) in [7, 11) is 0. The molecule has 5 heteroatoms. The van der Waals surface area contributed by atoms with Gasteiger partial charge in [-0.3, -0.25) is 4.98 Å². The van der Waals surface area contributed by atoms with Crippen LogP contribution in [0.4, 0.5) is 5.69 Å². The van der Waals surface area contributed by atoms with Gasteiger partial charge < -0.3 is 5.73 Å². The van der Waals surface area contributed by atoms with Crippen molar-refractivity contribution in [3.8, 4) is 11.1 Å². The Balaban J connectivity index is 2.26. The van der Waals surface area contributed by atoms with E-state index in [2.05, 4.69) is 15.1 Å². The maximum atomic E-state index is 5.64. The van der Waals surface area contributed by atoms with E-state index < -0.39 is 0 Å². The van der Waals surface area contributed by atoms with Crippen LogP contribution in [0.15, 0.2) is 43.1 Å². The van der Waals surface area contributed by atoms with Gasteiger partial charge in [0.2, 0.25) is 0 Å². The van der Waals surface area contributed by atoms with Crippen LogP contribution in [0.3, 0.4) is 0 Å². The number of nitrogens with two attached hydrogens (primary N) is 1. The molecule has 0 aliphatic carbocycles. The first kappa shape index (κ1) is 8.84. The van der Waals surface area contributed by atoms with Crippen molar-refractivity contribution in [1.29, 1.82) is 0 Å². The molecule has 0 aliphatic heterocycles. The molecule has 0 unspecified atom stereocenters. The van der Waals surface area contributed by atoms with Gasteiger partial charge in [-0.05, 0) is 6.07 Å². The fraction of sp³-hybridized carbons (Fsp3) is 0. The summed E-state index contributed by atoms with van der Waals surface area (Å²) >= 11 is 0. The lowest BCUT2D eigenvalue weighted by atomic mass is 10.1. The fourth-order valence-corrected chi connectivity index (χ4v) is 1.61. The molecular formula is C11H9N5. The van der Waals surface area contributed by atoms with Crippen molar-refractivity contribution in [2.45, 2.75) is 0 Å². The number of rotatable bonds is 1. The number of hydrogen-bond acceptors (Lipinski definition) is 4. The molecular weight excluding hydrogens is 202 g/mol. The summed E-state index contributed by atoms with van der Waals surface area (Å²) in [6.07, 6.45) is 8.65. The molecule has 0 fully saturated rings. The lowest BCUT2D eigenvalue weighted by Crippen LogP contribution is -1.94. The minimum absolute atomic E-state index is 0.591. The summed E-state index contributed by atoms with van der Waals surface area (Å²) in [5, 5.41) is 4.20. The minimum atomic E-state index is 0.591. The fourth-order valence-electron chi connectivity index (χ4n) is 1.61. The van der Waals surface area contributed by atoms with Crippen LogP contribution < -0.4 is 5.73 Å². The van der Waals surface area contributed by atoms with E-state index in [9.17, 15) is 0 Å². The van der Waals surface area contributed by atoms with Gasteiger partial charge in [-0.1, -0.05) is 6.07 Å². The zero-order valence-electron chi connectivity index (χ0n) is 8.41. The smallest absolute Gasteiger partial charge is 0.162 e. The van der Waals surface area contributed by atoms with Crippen LogP contribution >= 0.6 is 0 Å². The Morgan fingerprint density at radius 1 is 1.19 bits per heavy atom. The SMILES string of the molecule is Nc1cnc2c(-c3cccnc3)cnn2c1. The monoisotopic (exact) mass is 211 g/mol. The highest BCUT2D eigenvalue weighted by Gasteiger charge is 2.07. The zero-order chi connectivity index (χ0) is 11.0. The van der Waals surface area contributed by atoms with Gasteiger partial charge in [0.25, 0.3) is 0 Å². The summed E-state index contributed by atoms with van der Waals surface area (Å²) < 4.78 is 1.66. The molecule has 0 atom stereocenters. The summed E-state index contributed by atoms with van der Waals surface area (Å²) in [6, 6.07) is 3.86. The van der Waals surface area contributed by atoms with E-state index in [0.717, 1.165) is 16.8 Å². The number of anilines is 1. The van der Waals surface area contributed by atoms with Gasteiger partial charge in [-0.25, -0.2) is 9.50 Å². The molecule has 0 amide bonds. The normalized spacial score (nSPS) is 10.8. The van der Waals surface area contributed by atoms with Gasteiger partial charge >= 0.3 is 0 Å². The van der Waals surface area contributed by atoms with Gasteiger partial charge in [0.1, 0.15) is 0 Å². The maximum Gasteiger partial charge on any atom is 0.162 e. The Morgan fingerprint density at radius 2 is 2.12 bits per heavy atom. The van der Waals surface area contributed by atoms with Crippen LogP contribution in [0.5, 0.6) is 0 Å². The summed E-state index contributed by atoms with van der Waals surface area (Å²) in [5.74, 6) is 0. The Kier molecular flexibility index (Phi) is 1.83. The molecule has 0 aromatic carbocycles. The van der Waals surface area contributed by atoms with E-state index in [1.165, 1.54) is 0 Å². The van der Waals surface area contributed by atoms with Crippen LogP contribution in [0.25, 0.3) is 16.8 Å². The minimum Gasteiger partial charge on any atom is -0.396 e. The van der Waals surface area contributed by atoms with Crippen molar-refractivity contribution in [3.05, 3.63) is 43.1 Å². The van der Waals surface area contributed by atoms with Crippen molar-refractivity contribution in [3.63, 3.8) is 0 Å². The van der Waals surface area contributed by atoms with Gasteiger partial charge in [0.15, 0.2) is 5.65 Å². The van der Waals surface area contributed by atoms with Gasteiger partial charge in [0, 0.05) is 23.5 Å². The first-order valence-electron chi connectivity index (χ1n) is 4.84. The van der Waals surface area contributed by atoms with Crippen molar-refractivity contribution in [2.75, 3.05) is 5.73 Å². The van der Waals surface area contributed by atoms with Crippen molar-refractivity contribution < 1.29 is 0 Å². The number of pyridine rings is 1. The first-order valence-corrected chi connectivity index (χ1v) is 4.84. The zero-order valence-corrected chi connectivity index (χ0v) is 8.41. The van der Waals surface area contributed by atoms with Gasteiger partial charge in [-0.15, -0.1) is 0 Å². The largest absolute Gasteiger partial charge is 0.396 e. The van der Waals surface area contributed by atoms with Crippen molar-refractivity contribution in [1.82, 2.24) is 19.6 Å². The second-order valence-electron chi connectivity index (χ2n) is 3.46. The lowest BCUT2D eigenvalue weighted by molar-refractivity contribution is 0.942. The summed E-state index contributed by atoms with van der Waals surface area (Å²) in [6.45, 7) is 0. The molecule has 0 radical (unpaired) electrons. The predicted molar refractivity (Wildman–Crippen MR) is 60.6 cm³/mol. The third kappa shape index (κ3) is 1.30. The van der Waals surface area contributed by atoms with Crippen LogP contribution in [-0.4, -0.2) is 19.6 Å². The topological polar surface area (TPSA) is 69.1 Å². The van der Waals surface area contributed by atoms with Gasteiger partial charge in [0.05, 0.1) is 24.3 Å². The average molecular weight is 211 g/mol. The van der Waals surface area contributed by atoms with E-state index >= 15 is 0 Å². The molecule has 3 aromatic rings. The average Bonchev–Trinajstić information content (AvgIpc) is 2.73. The summed E-state index contributed by atoms with van der Waals surface area (Å²) in [4.78, 5) is 8.34. The van der Waals surface area contributed by atoms with Crippen LogP contribution in [-0.2, 0) is 0 Å². The quantitative estimate of drug-likeness (QED) is 0.660. The Labute approximate surface area is 91.6 Å². The predicted octanol–water partition coefficient (Wildman–Crippen LogP) is 1.37. The standard InChI is InChI=1S/C11H9N5/c12-9-5-14-11-10(6-15-16(11)7-9)8-2-1-3-13-4-8/h1-7H,12H2. The molecule has 0 saturated heterocycles. The van der Waals surface area contributed by atoms with Gasteiger partial charge in [-0.2, -0.15) is 5.10 Å². The van der Waals surface area contributed by atoms with E-state index in [4.69, 9.17) is 5.73 Å². The Hall–Kier alpha value is -2.43. The molecule has 2 N–H and O–H groups in total. The molecule has 0 spiro atoms. The third-order valence-corrected chi connectivity index (χ3v) is 2.35. The van der Waals surface area contributed by atoms with Crippen LogP contribution in [0.2, 0.25) is 0 Å². The highest BCUT2D eigenvalue weighted by atomic mass is 15.2. The van der Waals surface area contributed by atoms with E-state index in [1.807, 2.05) is 12.1 Å². The maximum absolute atomic E-state index is 5.64. The molecule has 0 aliphatic rings. The highest BCUT2D eigenvalue weighted by Crippen LogP contribution is 2.22. The van der Waals surface area contributed by atoms with Crippen molar-refractivity contribution in [2.24, 2.45) is 0 Å². The third-order valence-electron chi connectivity index (χ3n) is 2.35. The molecule has 5 nitrogen and oxygen atoms in total. The number of fused-ring (bicyclic) bond motifs is 1. The van der Waals surface area contributed by atoms with Crippen LogP contribution in [0.1, 0.15) is 0 Å². The Morgan fingerprint density at radius 3 is 2.94 bits per heavy atom. The van der Waals surface area contributed by atoms with E-state index in [1.54, 1.807) is 35.5 Å². The molecule has 0 saturated carbocycles. The molecule has 0 bridgehead atoms. The van der Waals surface area contributed by atoms with E-state index in [0.29, 0.717) is 5.69 Å². The Bertz CT molecular complexity index is 629. The molecule has 3 heterocycles. The number of aromatic nitrogens is 4. The highest BCUT2D eigenvalue weighted by molar-refractivity contribution is 5.76. The van der Waals surface area contributed by atoms with E-state index in [-0.39, 0.29) is 0 Å². The number of nitrogen functional groups attached to an aromatic ring is 1. The number of hydrogen-bond donors (Lipinski definition) is 1. The second-order valence-corrected chi connectivity index (χ2v) is 3.46. The molecule has 3 rings (SSSR count). The molecule has 78 valence electrons. The lowest BCUT2D eigenvalue weighted by Gasteiger charge is -1.98. The number of nitrogens with zero attached hydrogens (tertiary/aromatic N) is 4. The second kappa shape index (κ2) is 3.30. The molecule has 16 heavy (non-hydrogen) atoms. The first-order chi connectivity index (χ1) is 7.84. The van der Waals surface area contributed by atoms with Crippen LogP contribution in [0, 0.1) is 0 Å². The summed E-state index contributed by atoms with van der Waals surface area (Å²) in [5.41, 5.74) is 8.95.